The molecule has 0 saturated carbocycles. The molecule has 1 aromatic carbocycles. The molecule has 0 radical (unpaired) electrons. The molecule has 0 aliphatic carbocycles. The fourth-order valence-electron chi connectivity index (χ4n) is 2.47. The minimum atomic E-state index is -0.796. The molecular formula is C15H20FNO3. The third-order valence-corrected chi connectivity index (χ3v) is 3.55. The summed E-state index contributed by atoms with van der Waals surface area (Å²) in [6.07, 6.45) is 1.15. The van der Waals surface area contributed by atoms with Crippen molar-refractivity contribution in [3.8, 4) is 0 Å². The Morgan fingerprint density at radius 3 is 2.80 bits per heavy atom. The summed E-state index contributed by atoms with van der Waals surface area (Å²) in [5, 5.41) is 10.4. The number of nitrogens with zero attached hydrogens (tertiary/aromatic N) is 1. The molecule has 1 N–H and O–H groups in total. The molecule has 5 heteroatoms. The van der Waals surface area contributed by atoms with Crippen molar-refractivity contribution in [1.29, 1.82) is 0 Å². The van der Waals surface area contributed by atoms with Crippen molar-refractivity contribution in [2.45, 2.75) is 18.4 Å². The number of ketones is 1. The Morgan fingerprint density at radius 2 is 2.15 bits per heavy atom. The number of carbonyl (C=O) groups is 1. The number of rotatable bonds is 5. The van der Waals surface area contributed by atoms with Gasteiger partial charge in [0, 0.05) is 38.2 Å². The van der Waals surface area contributed by atoms with Gasteiger partial charge in [0.15, 0.2) is 5.78 Å². The van der Waals surface area contributed by atoms with Gasteiger partial charge in [0.05, 0.1) is 12.1 Å². The maximum Gasteiger partial charge on any atom is 0.176 e. The number of aliphatic hydroxyl groups is 1. The predicted molar refractivity (Wildman–Crippen MR) is 73.2 cm³/mol. The molecular weight excluding hydrogens is 261 g/mol. The average Bonchev–Trinajstić information content (AvgIpc) is 2.38. The Labute approximate surface area is 118 Å². The topological polar surface area (TPSA) is 49.8 Å². The lowest BCUT2D eigenvalue weighted by Gasteiger charge is -2.35. The molecule has 110 valence electrons. The normalized spacial score (nSPS) is 18.2. The Hall–Kier alpha value is -1.30. The molecule has 0 unspecified atom stereocenters. The van der Waals surface area contributed by atoms with Gasteiger partial charge >= 0.3 is 0 Å². The molecule has 20 heavy (non-hydrogen) atoms. The van der Waals surface area contributed by atoms with Crippen LogP contribution in [0, 0.1) is 5.82 Å². The van der Waals surface area contributed by atoms with E-state index in [0.717, 1.165) is 0 Å². The quantitative estimate of drug-likeness (QED) is 0.831. The second-order valence-corrected chi connectivity index (χ2v) is 5.44. The van der Waals surface area contributed by atoms with Crippen LogP contribution < -0.4 is 0 Å². The molecule has 0 spiro atoms. The number of ether oxygens (including phenoxy) is 1. The van der Waals surface area contributed by atoms with Gasteiger partial charge in [0.2, 0.25) is 0 Å². The summed E-state index contributed by atoms with van der Waals surface area (Å²) in [5.74, 6) is -0.566. The molecule has 1 fully saturated rings. The van der Waals surface area contributed by atoms with Gasteiger partial charge in [-0.2, -0.15) is 0 Å². The summed E-state index contributed by atoms with van der Waals surface area (Å²) < 4.78 is 18.3. The molecule has 0 aromatic heterocycles. The van der Waals surface area contributed by atoms with E-state index in [4.69, 9.17) is 4.74 Å². The molecule has 4 nitrogen and oxygen atoms in total. The van der Waals surface area contributed by atoms with Gasteiger partial charge in [-0.05, 0) is 19.2 Å². The minimum Gasteiger partial charge on any atom is -0.388 e. The molecule has 1 aromatic rings. The first-order chi connectivity index (χ1) is 9.48. The molecule has 1 saturated heterocycles. The number of benzene rings is 1. The zero-order chi connectivity index (χ0) is 14.6. The van der Waals surface area contributed by atoms with E-state index in [0.29, 0.717) is 38.2 Å². The minimum absolute atomic E-state index is 0.150. The largest absolute Gasteiger partial charge is 0.388 e. The Kier molecular flexibility index (Phi) is 4.86. The van der Waals surface area contributed by atoms with Crippen molar-refractivity contribution in [3.05, 3.63) is 35.6 Å². The van der Waals surface area contributed by atoms with Gasteiger partial charge in [0.1, 0.15) is 5.82 Å². The van der Waals surface area contributed by atoms with Crippen LogP contribution >= 0.6 is 0 Å². The summed E-state index contributed by atoms with van der Waals surface area (Å²) in [5.41, 5.74) is -0.439. The monoisotopic (exact) mass is 281 g/mol. The van der Waals surface area contributed by atoms with Crippen LogP contribution in [-0.2, 0) is 4.74 Å². The number of Topliss-reactive ketones (excluding diaryl/α,β-unsaturated/α-hetero) is 1. The number of carbonyl (C=O) groups excluding carboxylic acids is 1. The standard InChI is InChI=1S/C15H20FNO3/c1-17(11-15(19)5-7-20-8-6-15)10-14(18)12-3-2-4-13(16)9-12/h2-4,9,19H,5-8,10-11H2,1H3. The molecule has 2 rings (SSSR count). The van der Waals surface area contributed by atoms with E-state index in [1.54, 1.807) is 18.0 Å². The Morgan fingerprint density at radius 1 is 1.45 bits per heavy atom. The van der Waals surface area contributed by atoms with Crippen LogP contribution in [0.1, 0.15) is 23.2 Å². The highest BCUT2D eigenvalue weighted by Crippen LogP contribution is 2.21. The summed E-state index contributed by atoms with van der Waals surface area (Å²) in [6.45, 7) is 1.66. The third-order valence-electron chi connectivity index (χ3n) is 3.55. The van der Waals surface area contributed by atoms with Gasteiger partial charge < -0.3 is 9.84 Å². The van der Waals surface area contributed by atoms with E-state index < -0.39 is 11.4 Å². The second-order valence-electron chi connectivity index (χ2n) is 5.44. The van der Waals surface area contributed by atoms with E-state index in [2.05, 4.69) is 0 Å². The molecule has 0 atom stereocenters. The highest BCUT2D eigenvalue weighted by Gasteiger charge is 2.31. The van der Waals surface area contributed by atoms with E-state index in [-0.39, 0.29) is 12.3 Å². The smallest absolute Gasteiger partial charge is 0.176 e. The van der Waals surface area contributed by atoms with Gasteiger partial charge in [-0.25, -0.2) is 4.39 Å². The van der Waals surface area contributed by atoms with E-state index in [1.807, 2.05) is 0 Å². The van der Waals surface area contributed by atoms with Crippen molar-refractivity contribution < 1.29 is 19.0 Å². The first kappa shape index (κ1) is 15.1. The first-order valence-electron chi connectivity index (χ1n) is 6.76. The SMILES string of the molecule is CN(CC(=O)c1cccc(F)c1)CC1(O)CCOCC1. The molecule has 1 heterocycles. The van der Waals surface area contributed by atoms with Crippen molar-refractivity contribution in [1.82, 2.24) is 4.90 Å². The number of halogens is 1. The van der Waals surface area contributed by atoms with Gasteiger partial charge in [-0.1, -0.05) is 12.1 Å². The predicted octanol–water partition coefficient (Wildman–Crippen LogP) is 1.48. The average molecular weight is 281 g/mol. The maximum absolute atomic E-state index is 13.1. The van der Waals surface area contributed by atoms with E-state index >= 15 is 0 Å². The lowest BCUT2D eigenvalue weighted by atomic mass is 9.94. The van der Waals surface area contributed by atoms with E-state index in [9.17, 15) is 14.3 Å². The van der Waals surface area contributed by atoms with Crippen LogP contribution in [0.4, 0.5) is 4.39 Å². The molecule has 0 amide bonds. The highest BCUT2D eigenvalue weighted by molar-refractivity contribution is 5.97. The van der Waals surface area contributed by atoms with Crippen LogP contribution in [-0.4, -0.2) is 54.7 Å². The first-order valence-corrected chi connectivity index (χ1v) is 6.76. The number of hydrogen-bond donors (Lipinski definition) is 1. The van der Waals surface area contributed by atoms with Crippen LogP contribution in [0.25, 0.3) is 0 Å². The Balaban J connectivity index is 1.90. The van der Waals surface area contributed by atoms with Crippen molar-refractivity contribution in [2.75, 3.05) is 33.4 Å². The fourth-order valence-corrected chi connectivity index (χ4v) is 2.47. The number of likely N-dealkylation sites (N-methyl/N-ethyl adjacent to an activating group) is 1. The molecule has 1 aliphatic heterocycles. The Bertz CT molecular complexity index is 472. The lowest BCUT2D eigenvalue weighted by molar-refractivity contribution is -0.0758. The summed E-state index contributed by atoms with van der Waals surface area (Å²) in [4.78, 5) is 13.8. The van der Waals surface area contributed by atoms with Crippen LogP contribution in [0.5, 0.6) is 0 Å². The second kappa shape index (κ2) is 6.43. The van der Waals surface area contributed by atoms with Crippen LogP contribution in [0.15, 0.2) is 24.3 Å². The highest BCUT2D eigenvalue weighted by atomic mass is 19.1. The van der Waals surface area contributed by atoms with Crippen molar-refractivity contribution in [3.63, 3.8) is 0 Å². The molecule has 0 bridgehead atoms. The summed E-state index contributed by atoms with van der Waals surface area (Å²) in [6, 6.07) is 5.67. The maximum atomic E-state index is 13.1. The lowest BCUT2D eigenvalue weighted by Crippen LogP contribution is -2.46. The number of hydrogen-bond acceptors (Lipinski definition) is 4. The van der Waals surface area contributed by atoms with E-state index in [1.165, 1.54) is 18.2 Å². The summed E-state index contributed by atoms with van der Waals surface area (Å²) in [7, 11) is 1.78. The molecule has 1 aliphatic rings. The van der Waals surface area contributed by atoms with Gasteiger partial charge in [0.25, 0.3) is 0 Å². The van der Waals surface area contributed by atoms with Crippen LogP contribution in [0.3, 0.4) is 0 Å². The van der Waals surface area contributed by atoms with Crippen molar-refractivity contribution >= 4 is 5.78 Å². The zero-order valence-electron chi connectivity index (χ0n) is 11.6. The van der Waals surface area contributed by atoms with Crippen molar-refractivity contribution in [2.24, 2.45) is 0 Å². The van der Waals surface area contributed by atoms with Gasteiger partial charge in [-0.3, -0.25) is 9.69 Å². The van der Waals surface area contributed by atoms with Crippen LogP contribution in [0.2, 0.25) is 0 Å². The summed E-state index contributed by atoms with van der Waals surface area (Å²) >= 11 is 0. The third kappa shape index (κ3) is 4.10. The zero-order valence-corrected chi connectivity index (χ0v) is 11.6. The van der Waals surface area contributed by atoms with Gasteiger partial charge in [-0.15, -0.1) is 0 Å². The fraction of sp³-hybridized carbons (Fsp3) is 0.533.